The van der Waals surface area contributed by atoms with Gasteiger partial charge < -0.3 is 0 Å². The normalized spacial score (nSPS) is 11.1. The summed E-state index contributed by atoms with van der Waals surface area (Å²) in [5.74, 6) is -1.31. The lowest BCUT2D eigenvalue weighted by molar-refractivity contribution is 0.218. The topological polar surface area (TPSA) is 48.3 Å². The van der Waals surface area contributed by atoms with Gasteiger partial charge in [-0.05, 0) is 18.9 Å². The van der Waals surface area contributed by atoms with Gasteiger partial charge in [0, 0.05) is 25.7 Å². The number of hydrogen-bond donors (Lipinski definition) is 0. The zero-order valence-electron chi connectivity index (χ0n) is 13.3. The molecule has 0 aliphatic heterocycles. The Kier molecular flexibility index (Phi) is 5.36. The number of hydrazone groups is 1. The molecular weight excluding hydrogens is 314 g/mol. The second kappa shape index (κ2) is 7.45. The summed E-state index contributed by atoms with van der Waals surface area (Å²) in [4.78, 5) is 17.2. The fraction of sp³-hybridized carbons (Fsp3) is 0.118. The van der Waals surface area contributed by atoms with Crippen LogP contribution in [0.4, 0.5) is 19.3 Å². The molecule has 7 heteroatoms. The summed E-state index contributed by atoms with van der Waals surface area (Å²) in [7, 11) is 2.78. The number of nitrogens with zero attached hydrogens (tertiary/aromatic N) is 4. The summed E-state index contributed by atoms with van der Waals surface area (Å²) >= 11 is 0. The average molecular weight is 330 g/mol. The summed E-state index contributed by atoms with van der Waals surface area (Å²) < 4.78 is 26.8. The molecule has 0 fully saturated rings. The molecule has 0 atom stereocenters. The van der Waals surface area contributed by atoms with Gasteiger partial charge in [-0.15, -0.1) is 5.10 Å². The van der Waals surface area contributed by atoms with Crippen LogP contribution in [0.2, 0.25) is 0 Å². The van der Waals surface area contributed by atoms with Crippen molar-refractivity contribution in [3.05, 3.63) is 65.7 Å². The SMILES string of the molecule is C=NC(=NN(C)C(=O)N(C)c1ccc(F)cc1F)c1ccccc1. The number of amidine groups is 1. The highest BCUT2D eigenvalue weighted by Gasteiger charge is 2.19. The minimum atomic E-state index is -0.839. The third-order valence-electron chi connectivity index (χ3n) is 3.26. The Labute approximate surface area is 138 Å². The summed E-state index contributed by atoms with van der Waals surface area (Å²) in [5, 5.41) is 5.11. The van der Waals surface area contributed by atoms with Crippen LogP contribution in [0.5, 0.6) is 0 Å². The minimum Gasteiger partial charge on any atom is -0.293 e. The standard InChI is InChI=1S/C17H16F2N4O/c1-20-16(12-7-5-4-6-8-12)21-23(3)17(24)22(2)15-10-9-13(18)11-14(15)19/h4-11H,1H2,2-3H3. The predicted octanol–water partition coefficient (Wildman–Crippen LogP) is 3.52. The number of halogens is 2. The van der Waals surface area contributed by atoms with Crippen LogP contribution in [0.25, 0.3) is 0 Å². The molecule has 2 aromatic rings. The highest BCUT2D eigenvalue weighted by atomic mass is 19.1. The highest BCUT2D eigenvalue weighted by Crippen LogP contribution is 2.20. The molecule has 0 spiro atoms. The first-order valence-corrected chi connectivity index (χ1v) is 7.01. The average Bonchev–Trinajstić information content (AvgIpc) is 2.59. The van der Waals surface area contributed by atoms with E-state index in [4.69, 9.17) is 0 Å². The van der Waals surface area contributed by atoms with E-state index in [2.05, 4.69) is 16.8 Å². The fourth-order valence-corrected chi connectivity index (χ4v) is 2.03. The molecule has 0 heterocycles. The van der Waals surface area contributed by atoms with Crippen molar-refractivity contribution in [2.45, 2.75) is 0 Å². The Morgan fingerprint density at radius 2 is 1.75 bits per heavy atom. The Balaban J connectivity index is 2.24. The molecular formula is C17H16F2N4O. The minimum absolute atomic E-state index is 0.0590. The van der Waals surface area contributed by atoms with E-state index in [1.54, 1.807) is 24.3 Å². The number of amides is 2. The Morgan fingerprint density at radius 3 is 2.33 bits per heavy atom. The number of anilines is 1. The third kappa shape index (κ3) is 3.81. The van der Waals surface area contributed by atoms with Crippen molar-refractivity contribution in [1.82, 2.24) is 5.01 Å². The van der Waals surface area contributed by atoms with Gasteiger partial charge >= 0.3 is 6.03 Å². The van der Waals surface area contributed by atoms with Crippen LogP contribution in [0, 0.1) is 11.6 Å². The number of urea groups is 1. The first-order chi connectivity index (χ1) is 11.4. The van der Waals surface area contributed by atoms with Gasteiger partial charge in [-0.3, -0.25) is 4.90 Å². The van der Waals surface area contributed by atoms with E-state index in [0.717, 1.165) is 16.0 Å². The first-order valence-electron chi connectivity index (χ1n) is 7.01. The molecule has 0 saturated carbocycles. The fourth-order valence-electron chi connectivity index (χ4n) is 2.03. The van der Waals surface area contributed by atoms with E-state index in [1.807, 2.05) is 6.07 Å². The molecule has 24 heavy (non-hydrogen) atoms. The molecule has 0 radical (unpaired) electrons. The van der Waals surface area contributed by atoms with E-state index in [9.17, 15) is 13.6 Å². The Morgan fingerprint density at radius 1 is 1.08 bits per heavy atom. The van der Waals surface area contributed by atoms with Crippen LogP contribution >= 0.6 is 0 Å². The molecule has 2 amide bonds. The van der Waals surface area contributed by atoms with E-state index < -0.39 is 17.7 Å². The van der Waals surface area contributed by atoms with E-state index >= 15 is 0 Å². The number of carbonyl (C=O) groups is 1. The van der Waals surface area contributed by atoms with Crippen LogP contribution in [0.15, 0.2) is 58.6 Å². The molecule has 2 rings (SSSR count). The largest absolute Gasteiger partial charge is 0.344 e. The van der Waals surface area contributed by atoms with E-state index in [1.165, 1.54) is 20.2 Å². The maximum absolute atomic E-state index is 13.8. The van der Waals surface area contributed by atoms with Gasteiger partial charge in [0.05, 0.1) is 5.69 Å². The first kappa shape index (κ1) is 17.3. The molecule has 0 saturated heterocycles. The number of carbonyl (C=O) groups excluding carboxylic acids is 1. The van der Waals surface area contributed by atoms with Crippen molar-refractivity contribution in [1.29, 1.82) is 0 Å². The molecule has 0 aromatic heterocycles. The van der Waals surface area contributed by atoms with Crippen LogP contribution < -0.4 is 4.90 Å². The van der Waals surface area contributed by atoms with Crippen LogP contribution in [-0.2, 0) is 0 Å². The second-order valence-electron chi connectivity index (χ2n) is 4.91. The zero-order chi connectivity index (χ0) is 17.7. The maximum Gasteiger partial charge on any atom is 0.344 e. The van der Waals surface area contributed by atoms with E-state index in [-0.39, 0.29) is 11.5 Å². The monoisotopic (exact) mass is 330 g/mol. The Hall–Kier alpha value is -3.09. The molecule has 0 N–H and O–H groups in total. The zero-order valence-corrected chi connectivity index (χ0v) is 13.3. The van der Waals surface area contributed by atoms with Gasteiger partial charge in [-0.1, -0.05) is 30.3 Å². The molecule has 0 aliphatic carbocycles. The lowest BCUT2D eigenvalue weighted by Gasteiger charge is -2.22. The molecule has 0 bridgehead atoms. The second-order valence-corrected chi connectivity index (χ2v) is 4.91. The lowest BCUT2D eigenvalue weighted by atomic mass is 10.2. The third-order valence-corrected chi connectivity index (χ3v) is 3.26. The molecule has 0 aliphatic rings. The summed E-state index contributed by atoms with van der Waals surface area (Å²) in [6, 6.07) is 11.3. The van der Waals surface area contributed by atoms with Gasteiger partial charge in [0.2, 0.25) is 0 Å². The molecule has 2 aromatic carbocycles. The highest BCUT2D eigenvalue weighted by molar-refractivity contribution is 6.02. The summed E-state index contributed by atoms with van der Waals surface area (Å²) in [6.07, 6.45) is 0. The quantitative estimate of drug-likeness (QED) is 0.482. The van der Waals surface area contributed by atoms with Gasteiger partial charge in [-0.25, -0.2) is 23.6 Å². The molecule has 5 nitrogen and oxygen atoms in total. The van der Waals surface area contributed by atoms with Crippen molar-refractivity contribution < 1.29 is 13.6 Å². The smallest absolute Gasteiger partial charge is 0.293 e. The lowest BCUT2D eigenvalue weighted by Crippen LogP contribution is -2.37. The van der Waals surface area contributed by atoms with Crippen molar-refractivity contribution >= 4 is 24.3 Å². The van der Waals surface area contributed by atoms with Crippen molar-refractivity contribution in [2.75, 3.05) is 19.0 Å². The summed E-state index contributed by atoms with van der Waals surface area (Å²) in [5.41, 5.74) is 0.624. The Bertz CT molecular complexity index is 777. The van der Waals surface area contributed by atoms with Crippen molar-refractivity contribution in [3.63, 3.8) is 0 Å². The van der Waals surface area contributed by atoms with E-state index in [0.29, 0.717) is 11.6 Å². The number of benzene rings is 2. The van der Waals surface area contributed by atoms with Crippen LogP contribution in [0.3, 0.4) is 0 Å². The predicted molar refractivity (Wildman–Crippen MR) is 90.4 cm³/mol. The van der Waals surface area contributed by atoms with Gasteiger partial charge in [-0.2, -0.15) is 0 Å². The number of hydrogen-bond acceptors (Lipinski definition) is 2. The molecule has 0 unspecified atom stereocenters. The van der Waals surface area contributed by atoms with Crippen molar-refractivity contribution in [3.8, 4) is 0 Å². The van der Waals surface area contributed by atoms with Crippen LogP contribution in [-0.4, -0.2) is 37.7 Å². The van der Waals surface area contributed by atoms with Gasteiger partial charge in [0.1, 0.15) is 11.6 Å². The number of rotatable bonds is 3. The van der Waals surface area contributed by atoms with Gasteiger partial charge in [0.15, 0.2) is 5.84 Å². The van der Waals surface area contributed by atoms with Crippen molar-refractivity contribution in [2.24, 2.45) is 10.1 Å². The van der Waals surface area contributed by atoms with Crippen LogP contribution in [0.1, 0.15) is 5.56 Å². The molecule has 124 valence electrons. The maximum atomic E-state index is 13.8. The summed E-state index contributed by atoms with van der Waals surface area (Å²) in [6.45, 7) is 3.44. The number of aliphatic imine (C=N–C) groups is 1. The van der Waals surface area contributed by atoms with Gasteiger partial charge in [0.25, 0.3) is 0 Å².